The zero-order chi connectivity index (χ0) is 63.3. The van der Waals surface area contributed by atoms with E-state index in [-0.39, 0.29) is 64.1 Å². The van der Waals surface area contributed by atoms with Crippen LogP contribution in [0.25, 0.3) is 10.8 Å². The highest BCUT2D eigenvalue weighted by Gasteiger charge is 2.33. The summed E-state index contributed by atoms with van der Waals surface area (Å²) in [5.41, 5.74) is 3.31. The predicted octanol–water partition coefficient (Wildman–Crippen LogP) is 1.80. The molecule has 4 aromatic rings. The number of ether oxygens (including phenoxy) is 1. The molecule has 0 radical (unpaired) electrons. The summed E-state index contributed by atoms with van der Waals surface area (Å²) in [7, 11) is 6.83. The Hall–Kier alpha value is -8.54. The zero-order valence-corrected chi connectivity index (χ0v) is 51.0. The summed E-state index contributed by atoms with van der Waals surface area (Å²) in [6, 6.07) is 22.2. The molecule has 4 rings (SSSR count). The van der Waals surface area contributed by atoms with E-state index in [1.807, 2.05) is 97.9 Å². The fourth-order valence-corrected chi connectivity index (χ4v) is 9.46. The van der Waals surface area contributed by atoms with Crippen LogP contribution in [-0.2, 0) is 67.2 Å². The molecule has 472 valence electrons. The molecule has 7 atom stereocenters. The maximum absolute atomic E-state index is 14.8. The van der Waals surface area contributed by atoms with Crippen molar-refractivity contribution in [2.45, 2.75) is 133 Å². The highest BCUT2D eigenvalue weighted by Crippen LogP contribution is 2.18. The van der Waals surface area contributed by atoms with Crippen molar-refractivity contribution in [1.82, 2.24) is 63.8 Å². The van der Waals surface area contributed by atoms with Crippen LogP contribution in [0.3, 0.4) is 0 Å². The Kier molecular flexibility index (Phi) is 32.6. The first-order valence-corrected chi connectivity index (χ1v) is 29.9. The number of nitrogens with one attached hydrogen (secondary N) is 13. The summed E-state index contributed by atoms with van der Waals surface area (Å²) in [5.74, 6) is -5.50. The summed E-state index contributed by atoms with van der Waals surface area (Å²) in [6.45, 7) is 6.25. The number of amides is 7. The number of rotatable bonds is 41. The van der Waals surface area contributed by atoms with Gasteiger partial charge in [0.25, 0.3) is 0 Å². The molecular weight excluding hydrogens is 1110 g/mol. The van der Waals surface area contributed by atoms with E-state index in [4.69, 9.17) is 10.1 Å². The van der Waals surface area contributed by atoms with Gasteiger partial charge in [-0.2, -0.15) is 0 Å². The van der Waals surface area contributed by atoms with E-state index in [1.54, 1.807) is 34.3 Å². The molecule has 23 heteroatoms. The van der Waals surface area contributed by atoms with E-state index in [0.29, 0.717) is 57.0 Å². The Morgan fingerprint density at radius 2 is 1.03 bits per heavy atom. The van der Waals surface area contributed by atoms with Gasteiger partial charge in [-0.3, -0.25) is 43.8 Å². The summed E-state index contributed by atoms with van der Waals surface area (Å²) >= 11 is 0. The second-order valence-corrected chi connectivity index (χ2v) is 21.3. The minimum Gasteiger partial charge on any atom is -0.461 e. The number of aryl methyl sites for hydroxylation is 1. The molecule has 4 aromatic carbocycles. The minimum absolute atomic E-state index is 0.000865. The summed E-state index contributed by atoms with van der Waals surface area (Å²) in [5, 5.41) is 44.0. The molecule has 13 N–H and O–H groups in total. The molecule has 0 aliphatic heterocycles. The van der Waals surface area contributed by atoms with Gasteiger partial charge in [0, 0.05) is 32.9 Å². The number of carbonyl (C=O) groups excluding carboxylic acids is 9. The van der Waals surface area contributed by atoms with Crippen LogP contribution < -0.4 is 63.8 Å². The lowest BCUT2D eigenvalue weighted by molar-refractivity contribution is -0.143. The molecular formula is C64H91N13O10. The smallest absolute Gasteiger partial charge is 0.306 e. The Morgan fingerprint density at radius 3 is 1.66 bits per heavy atom. The van der Waals surface area contributed by atoms with Crippen LogP contribution in [0.4, 0.5) is 0 Å². The molecule has 0 saturated carbocycles. The molecule has 23 nitrogen and oxygen atoms in total. The number of hydrogen-bond donors (Lipinski definition) is 13. The molecule has 7 amide bonds. The van der Waals surface area contributed by atoms with Gasteiger partial charge in [0.15, 0.2) is 5.96 Å². The second-order valence-electron chi connectivity index (χ2n) is 21.3. The SMILES string of the molecule is C=CCOC(=O)CC[C@@H](NC(=O)CNC(=O)[C@H](Cc1ccc2ccccc2c1)NC(=O)[C@@H](CCCNC(=N)NC)NC(=O)[C@H](CCCCNC)NC(=O)[C@H](Cc1ccc(C)cc1)NC(=O)[C@H](Cc1ccccc1)NC)C(=O)N[C@H](C=O)CCCCNC. The maximum Gasteiger partial charge on any atom is 0.306 e. The predicted molar refractivity (Wildman–Crippen MR) is 336 cm³/mol. The molecule has 0 fully saturated rings. The number of benzene rings is 4. The third-order valence-electron chi connectivity index (χ3n) is 14.4. The Morgan fingerprint density at radius 1 is 0.517 bits per heavy atom. The van der Waals surface area contributed by atoms with Gasteiger partial charge < -0.3 is 73.3 Å². The number of likely N-dealkylation sites (N-methyl/N-ethyl adjacent to an activating group) is 1. The van der Waals surface area contributed by atoms with Gasteiger partial charge in [-0.15, -0.1) is 0 Å². The first-order valence-electron chi connectivity index (χ1n) is 29.9. The van der Waals surface area contributed by atoms with Crippen molar-refractivity contribution < 1.29 is 47.9 Å². The fraction of sp³-hybridized carbons (Fsp3) is 0.469. The van der Waals surface area contributed by atoms with E-state index < -0.39 is 96.2 Å². The Bertz CT molecular complexity index is 2860. The van der Waals surface area contributed by atoms with Crippen LogP contribution in [0.1, 0.15) is 86.5 Å². The third kappa shape index (κ3) is 26.7. The second kappa shape index (κ2) is 40.0. The topological polar surface area (TPSA) is 331 Å². The van der Waals surface area contributed by atoms with Crippen LogP contribution in [-0.4, -0.2) is 163 Å². The van der Waals surface area contributed by atoms with E-state index in [1.165, 1.54) is 6.08 Å². The van der Waals surface area contributed by atoms with Crippen LogP contribution in [0.5, 0.6) is 0 Å². The zero-order valence-electron chi connectivity index (χ0n) is 51.0. The van der Waals surface area contributed by atoms with Crippen LogP contribution in [0, 0.1) is 12.3 Å². The average Bonchev–Trinajstić information content (AvgIpc) is 3.58. The molecule has 0 spiro atoms. The highest BCUT2D eigenvalue weighted by atomic mass is 16.5. The average molecular weight is 1200 g/mol. The van der Waals surface area contributed by atoms with E-state index in [2.05, 4.69) is 70.4 Å². The molecule has 0 aliphatic carbocycles. The van der Waals surface area contributed by atoms with Crippen LogP contribution in [0.2, 0.25) is 0 Å². The fourth-order valence-electron chi connectivity index (χ4n) is 9.46. The van der Waals surface area contributed by atoms with Crippen molar-refractivity contribution in [3.63, 3.8) is 0 Å². The van der Waals surface area contributed by atoms with Crippen molar-refractivity contribution in [3.05, 3.63) is 132 Å². The molecule has 0 unspecified atom stereocenters. The molecule has 87 heavy (non-hydrogen) atoms. The van der Waals surface area contributed by atoms with Gasteiger partial charge in [-0.1, -0.05) is 115 Å². The van der Waals surface area contributed by atoms with Gasteiger partial charge in [0.05, 0.1) is 18.6 Å². The number of guanidine groups is 1. The standard InChI is InChI=1S/C64H91N13O10/c1-7-36-87-57(80)32-31-52(59(82)72-49(42-78)22-13-15-33-66-3)73-56(79)41-71-58(81)54(40-46-29-30-47-20-11-12-21-48(47)37-46)76-61(84)51(24-17-35-70-64(65)69-6)74-60(83)50(23-14-16-34-67-4)75-63(86)55(39-45-27-25-43(2)26-28-45)77-62(85)53(68-5)38-44-18-9-8-10-19-44/h7-12,18-21,25-30,37,42,49-55,66-68H,1,13-17,22-24,31-36,38-41H2,2-6H3,(H,71,81)(H,72,82)(H,73,79)(H,74,83)(H,75,86)(H,76,84)(H,77,85)(H3,65,69,70)/t49-,50-,51+,52+,53-,54-,55-/m0/s1. The van der Waals surface area contributed by atoms with E-state index in [9.17, 15) is 43.2 Å². The molecule has 0 heterocycles. The first kappa shape index (κ1) is 70.9. The summed E-state index contributed by atoms with van der Waals surface area (Å²) in [6.07, 6.45) is 5.06. The number of carbonyl (C=O) groups is 9. The lowest BCUT2D eigenvalue weighted by atomic mass is 10.00. The summed E-state index contributed by atoms with van der Waals surface area (Å²) < 4.78 is 5.08. The highest BCUT2D eigenvalue weighted by molar-refractivity contribution is 5.97. The first-order chi connectivity index (χ1) is 42.0. The lowest BCUT2D eigenvalue weighted by Crippen LogP contribution is -2.59. The number of esters is 1. The molecule has 0 bridgehead atoms. The molecule has 0 aromatic heterocycles. The Labute approximate surface area is 511 Å². The normalized spacial score (nSPS) is 13.3. The number of unbranched alkanes of at least 4 members (excludes halogenated alkanes) is 2. The van der Waals surface area contributed by atoms with Crippen LogP contribution in [0.15, 0.2) is 110 Å². The van der Waals surface area contributed by atoms with Gasteiger partial charge >= 0.3 is 5.97 Å². The maximum atomic E-state index is 14.8. The van der Waals surface area contributed by atoms with Gasteiger partial charge in [0.1, 0.15) is 43.1 Å². The lowest BCUT2D eigenvalue weighted by Gasteiger charge is -2.27. The number of aldehydes is 1. The number of hydrogen-bond acceptors (Lipinski definition) is 14. The monoisotopic (exact) mass is 1200 g/mol. The van der Waals surface area contributed by atoms with E-state index in [0.717, 1.165) is 33.9 Å². The summed E-state index contributed by atoms with van der Waals surface area (Å²) in [4.78, 5) is 125. The third-order valence-corrected chi connectivity index (χ3v) is 14.4. The van der Waals surface area contributed by atoms with Crippen LogP contribution >= 0.6 is 0 Å². The van der Waals surface area contributed by atoms with Gasteiger partial charge in [0.2, 0.25) is 41.4 Å². The van der Waals surface area contributed by atoms with Gasteiger partial charge in [-0.05, 0) is 133 Å². The molecule has 0 saturated heterocycles. The molecule has 0 aliphatic rings. The minimum atomic E-state index is -1.36. The number of fused-ring (bicyclic) bond motifs is 1. The van der Waals surface area contributed by atoms with E-state index >= 15 is 0 Å². The van der Waals surface area contributed by atoms with Gasteiger partial charge in [-0.25, -0.2) is 0 Å². The van der Waals surface area contributed by atoms with Crippen molar-refractivity contribution in [2.24, 2.45) is 0 Å². The van der Waals surface area contributed by atoms with Crippen molar-refractivity contribution in [3.8, 4) is 0 Å². The van der Waals surface area contributed by atoms with Crippen molar-refractivity contribution in [2.75, 3.05) is 61.0 Å². The van der Waals surface area contributed by atoms with Crippen molar-refractivity contribution >= 4 is 70.3 Å². The largest absolute Gasteiger partial charge is 0.461 e. The quantitative estimate of drug-likeness (QED) is 0.00753. The Balaban J connectivity index is 1.64. The van der Waals surface area contributed by atoms with Crippen molar-refractivity contribution in [1.29, 1.82) is 5.41 Å².